The number of nitrogens with two attached hydrogens (primary N) is 2. The molecule has 1 aromatic heterocycles. The zero-order chi connectivity index (χ0) is 16.5. The Balaban J connectivity index is 2.04. The molecule has 4 rings (SSSR count). The molecule has 0 fully saturated rings. The summed E-state index contributed by atoms with van der Waals surface area (Å²) < 4.78 is 0. The highest BCUT2D eigenvalue weighted by Crippen LogP contribution is 2.32. The second-order valence-electron chi connectivity index (χ2n) is 5.66. The number of nitrogen functional groups attached to an aromatic ring is 2. The largest absolute Gasteiger partial charge is 0.399 e. The summed E-state index contributed by atoms with van der Waals surface area (Å²) in [5.41, 5.74) is 18.5. The summed E-state index contributed by atoms with van der Waals surface area (Å²) in [7, 11) is 0. The lowest BCUT2D eigenvalue weighted by molar-refractivity contribution is 1.29. The number of nitrogens with zero attached hydrogens (tertiary/aromatic N) is 2. The number of benzene rings is 3. The summed E-state index contributed by atoms with van der Waals surface area (Å²) >= 11 is 0. The maximum Gasteiger partial charge on any atom is 0.0973 e. The van der Waals surface area contributed by atoms with Gasteiger partial charge in [-0.1, -0.05) is 36.4 Å². The molecule has 4 N–H and O–H groups in total. The molecule has 0 aliphatic heterocycles. The molecule has 0 saturated carbocycles. The number of hydrogen-bond donors (Lipinski definition) is 2. The number of hydrogen-bond acceptors (Lipinski definition) is 4. The van der Waals surface area contributed by atoms with Gasteiger partial charge in [-0.25, -0.2) is 9.97 Å². The monoisotopic (exact) mass is 312 g/mol. The number of aromatic nitrogens is 2. The molecule has 0 unspecified atom stereocenters. The van der Waals surface area contributed by atoms with Crippen LogP contribution in [0.1, 0.15) is 0 Å². The van der Waals surface area contributed by atoms with E-state index in [-0.39, 0.29) is 0 Å². The minimum atomic E-state index is 0.695. The Morgan fingerprint density at radius 1 is 0.542 bits per heavy atom. The van der Waals surface area contributed by atoms with Crippen LogP contribution in [0.15, 0.2) is 72.8 Å². The van der Waals surface area contributed by atoms with E-state index in [1.807, 2.05) is 72.8 Å². The van der Waals surface area contributed by atoms with Crippen molar-refractivity contribution in [2.75, 3.05) is 11.5 Å². The zero-order valence-electron chi connectivity index (χ0n) is 13.0. The lowest BCUT2D eigenvalue weighted by atomic mass is 10.0. The van der Waals surface area contributed by atoms with Crippen LogP contribution in [0.25, 0.3) is 33.5 Å². The normalized spacial score (nSPS) is 10.8. The third-order valence-electron chi connectivity index (χ3n) is 3.89. The van der Waals surface area contributed by atoms with Gasteiger partial charge in [-0.15, -0.1) is 0 Å². The molecule has 24 heavy (non-hydrogen) atoms. The first-order valence-electron chi connectivity index (χ1n) is 7.69. The lowest BCUT2D eigenvalue weighted by Crippen LogP contribution is -1.96. The Bertz CT molecular complexity index is 956. The predicted octanol–water partition coefficient (Wildman–Crippen LogP) is 4.13. The van der Waals surface area contributed by atoms with Crippen LogP contribution in [-0.4, -0.2) is 9.97 Å². The number of para-hydroxylation sites is 2. The molecule has 0 atom stereocenters. The summed E-state index contributed by atoms with van der Waals surface area (Å²) in [6.45, 7) is 0. The fraction of sp³-hybridized carbons (Fsp3) is 0. The van der Waals surface area contributed by atoms with Crippen molar-refractivity contribution >= 4 is 22.4 Å². The molecule has 4 heteroatoms. The maximum atomic E-state index is 5.95. The second kappa shape index (κ2) is 5.66. The Hall–Kier alpha value is -3.40. The maximum absolute atomic E-state index is 5.95. The van der Waals surface area contributed by atoms with Crippen molar-refractivity contribution in [2.24, 2.45) is 0 Å². The third kappa shape index (κ3) is 2.54. The van der Waals surface area contributed by atoms with Crippen molar-refractivity contribution in [2.45, 2.75) is 0 Å². The third-order valence-corrected chi connectivity index (χ3v) is 3.89. The molecule has 0 saturated heterocycles. The van der Waals surface area contributed by atoms with Crippen molar-refractivity contribution in [3.05, 3.63) is 72.8 Å². The van der Waals surface area contributed by atoms with E-state index in [0.29, 0.717) is 11.4 Å². The van der Waals surface area contributed by atoms with Crippen LogP contribution in [0, 0.1) is 0 Å². The molecule has 0 spiro atoms. The topological polar surface area (TPSA) is 77.8 Å². The van der Waals surface area contributed by atoms with E-state index < -0.39 is 0 Å². The molecular weight excluding hydrogens is 296 g/mol. The smallest absolute Gasteiger partial charge is 0.0973 e. The summed E-state index contributed by atoms with van der Waals surface area (Å²) in [4.78, 5) is 9.67. The second-order valence-corrected chi connectivity index (χ2v) is 5.66. The van der Waals surface area contributed by atoms with Gasteiger partial charge in [0.05, 0.1) is 22.4 Å². The Morgan fingerprint density at radius 2 is 1.00 bits per heavy atom. The highest BCUT2D eigenvalue weighted by Gasteiger charge is 2.13. The van der Waals surface area contributed by atoms with Gasteiger partial charge in [-0.2, -0.15) is 0 Å². The van der Waals surface area contributed by atoms with Crippen LogP contribution in [0.4, 0.5) is 11.4 Å². The molecule has 0 aliphatic rings. The summed E-state index contributed by atoms with van der Waals surface area (Å²) in [6.07, 6.45) is 0. The van der Waals surface area contributed by atoms with Crippen LogP contribution in [-0.2, 0) is 0 Å². The van der Waals surface area contributed by atoms with Gasteiger partial charge < -0.3 is 11.5 Å². The summed E-state index contributed by atoms with van der Waals surface area (Å²) in [5, 5.41) is 0. The van der Waals surface area contributed by atoms with Gasteiger partial charge in [-0.05, 0) is 36.4 Å². The highest BCUT2D eigenvalue weighted by molar-refractivity contribution is 5.87. The van der Waals surface area contributed by atoms with Crippen LogP contribution in [0.3, 0.4) is 0 Å². The zero-order valence-corrected chi connectivity index (χ0v) is 13.0. The van der Waals surface area contributed by atoms with E-state index in [1.54, 1.807) is 0 Å². The SMILES string of the molecule is Nc1cccc(-c2nc3ccccc3nc2-c2cccc(N)c2)c1. The van der Waals surface area contributed by atoms with Crippen LogP contribution in [0.5, 0.6) is 0 Å². The minimum absolute atomic E-state index is 0.695. The van der Waals surface area contributed by atoms with Crippen molar-refractivity contribution in [3.63, 3.8) is 0 Å². The summed E-state index contributed by atoms with van der Waals surface area (Å²) in [5.74, 6) is 0. The highest BCUT2D eigenvalue weighted by atomic mass is 14.8. The first-order chi connectivity index (χ1) is 11.7. The quantitative estimate of drug-likeness (QED) is 0.546. The molecule has 4 aromatic rings. The molecule has 3 aromatic carbocycles. The average molecular weight is 312 g/mol. The van der Waals surface area contributed by atoms with Gasteiger partial charge in [-0.3, -0.25) is 0 Å². The number of anilines is 2. The molecule has 0 amide bonds. The van der Waals surface area contributed by atoms with Crippen molar-refractivity contribution in [1.29, 1.82) is 0 Å². The van der Waals surface area contributed by atoms with E-state index in [1.165, 1.54) is 0 Å². The molecule has 0 bridgehead atoms. The first kappa shape index (κ1) is 14.2. The van der Waals surface area contributed by atoms with Crippen molar-refractivity contribution in [3.8, 4) is 22.5 Å². The van der Waals surface area contributed by atoms with Crippen LogP contribution < -0.4 is 11.5 Å². The molecule has 0 radical (unpaired) electrons. The molecule has 1 heterocycles. The van der Waals surface area contributed by atoms with E-state index in [0.717, 1.165) is 33.5 Å². The Morgan fingerprint density at radius 3 is 1.42 bits per heavy atom. The van der Waals surface area contributed by atoms with E-state index in [9.17, 15) is 0 Å². The molecular formula is C20H16N4. The lowest BCUT2D eigenvalue weighted by Gasteiger charge is -2.11. The first-order valence-corrected chi connectivity index (χ1v) is 7.69. The fourth-order valence-corrected chi connectivity index (χ4v) is 2.77. The van der Waals surface area contributed by atoms with Crippen LogP contribution in [0.2, 0.25) is 0 Å². The van der Waals surface area contributed by atoms with E-state index in [4.69, 9.17) is 21.4 Å². The van der Waals surface area contributed by atoms with E-state index >= 15 is 0 Å². The van der Waals surface area contributed by atoms with Crippen molar-refractivity contribution < 1.29 is 0 Å². The van der Waals surface area contributed by atoms with Gasteiger partial charge in [0, 0.05) is 22.5 Å². The minimum Gasteiger partial charge on any atom is -0.399 e. The van der Waals surface area contributed by atoms with Gasteiger partial charge >= 0.3 is 0 Å². The number of fused-ring (bicyclic) bond motifs is 1. The van der Waals surface area contributed by atoms with Crippen LogP contribution >= 0.6 is 0 Å². The van der Waals surface area contributed by atoms with Gasteiger partial charge in [0.25, 0.3) is 0 Å². The van der Waals surface area contributed by atoms with Gasteiger partial charge in [0.15, 0.2) is 0 Å². The average Bonchev–Trinajstić information content (AvgIpc) is 2.60. The van der Waals surface area contributed by atoms with Gasteiger partial charge in [0.1, 0.15) is 0 Å². The Kier molecular flexibility index (Phi) is 3.35. The number of rotatable bonds is 2. The molecule has 116 valence electrons. The fourth-order valence-electron chi connectivity index (χ4n) is 2.77. The predicted molar refractivity (Wildman–Crippen MR) is 99.2 cm³/mol. The summed E-state index contributed by atoms with van der Waals surface area (Å²) in [6, 6.07) is 23.2. The van der Waals surface area contributed by atoms with E-state index in [2.05, 4.69) is 0 Å². The standard InChI is InChI=1S/C20H16N4/c21-15-7-3-5-13(11-15)19-20(14-6-4-8-16(22)12-14)24-18-10-2-1-9-17(18)23-19/h1-12H,21-22H2. The van der Waals surface area contributed by atoms with Crippen molar-refractivity contribution in [1.82, 2.24) is 9.97 Å². The Labute approximate surface area is 139 Å². The van der Waals surface area contributed by atoms with Gasteiger partial charge in [0.2, 0.25) is 0 Å². The molecule has 0 aliphatic carbocycles. The molecule has 4 nitrogen and oxygen atoms in total.